The van der Waals surface area contributed by atoms with Crippen LogP contribution in [0.15, 0.2) is 24.3 Å². The quantitative estimate of drug-likeness (QED) is 0.773. The van der Waals surface area contributed by atoms with Crippen molar-refractivity contribution >= 4 is 23.5 Å². The molecule has 0 aromatic heterocycles. The molecule has 0 fully saturated rings. The van der Waals surface area contributed by atoms with Gasteiger partial charge in [-0.2, -0.15) is 0 Å². The van der Waals surface area contributed by atoms with Gasteiger partial charge >= 0.3 is 5.97 Å². The van der Waals surface area contributed by atoms with Gasteiger partial charge in [0.25, 0.3) is 5.91 Å². The van der Waals surface area contributed by atoms with Crippen LogP contribution in [0.25, 0.3) is 0 Å². The third-order valence-corrected chi connectivity index (χ3v) is 3.25. The Kier molecular flexibility index (Phi) is 5.35. The average molecular weight is 306 g/mol. The van der Waals surface area contributed by atoms with E-state index in [1.54, 1.807) is 17.0 Å². The molecule has 7 heteroatoms. The molecule has 2 amide bonds. The highest BCUT2D eigenvalue weighted by molar-refractivity contribution is 5.97. The zero-order chi connectivity index (χ0) is 15.9. The van der Waals surface area contributed by atoms with Gasteiger partial charge in [-0.15, -0.1) is 0 Å². The highest BCUT2D eigenvalue weighted by atomic mass is 16.5. The molecular weight excluding hydrogens is 288 g/mol. The predicted octanol–water partition coefficient (Wildman–Crippen LogP) is 0.481. The number of nitrogens with one attached hydrogen (secondary N) is 1. The molecule has 22 heavy (non-hydrogen) atoms. The van der Waals surface area contributed by atoms with Crippen molar-refractivity contribution in [2.45, 2.75) is 12.8 Å². The first-order chi connectivity index (χ1) is 10.6. The van der Waals surface area contributed by atoms with E-state index in [0.717, 1.165) is 0 Å². The Hall–Kier alpha value is -2.57. The molecule has 2 rings (SSSR count). The number of para-hydroxylation sites is 2. The molecule has 1 N–H and O–H groups in total. The van der Waals surface area contributed by atoms with Gasteiger partial charge in [-0.05, 0) is 12.1 Å². The van der Waals surface area contributed by atoms with Crippen molar-refractivity contribution in [3.63, 3.8) is 0 Å². The van der Waals surface area contributed by atoms with Crippen LogP contribution in [0.3, 0.4) is 0 Å². The third-order valence-electron chi connectivity index (χ3n) is 3.25. The van der Waals surface area contributed by atoms with Gasteiger partial charge in [0, 0.05) is 19.5 Å². The summed E-state index contributed by atoms with van der Waals surface area (Å²) in [5, 5.41) is 2.68. The number of hydrogen-bond donors (Lipinski definition) is 1. The number of methoxy groups -OCH3 is 1. The Balaban J connectivity index is 1.83. The van der Waals surface area contributed by atoms with E-state index in [4.69, 9.17) is 4.74 Å². The van der Waals surface area contributed by atoms with E-state index in [9.17, 15) is 14.4 Å². The Morgan fingerprint density at radius 3 is 2.86 bits per heavy atom. The summed E-state index contributed by atoms with van der Waals surface area (Å²) >= 11 is 0. The molecule has 0 saturated heterocycles. The van der Waals surface area contributed by atoms with Crippen LogP contribution in [0.5, 0.6) is 5.75 Å². The fourth-order valence-corrected chi connectivity index (χ4v) is 2.11. The Morgan fingerprint density at radius 2 is 2.09 bits per heavy atom. The maximum absolute atomic E-state index is 11.9. The number of carbonyl (C=O) groups is 3. The molecular formula is C15H18N2O5. The van der Waals surface area contributed by atoms with Crippen molar-refractivity contribution in [2.24, 2.45) is 0 Å². The van der Waals surface area contributed by atoms with Crippen molar-refractivity contribution in [2.75, 3.05) is 31.7 Å². The number of nitrogens with zero attached hydrogens (tertiary/aromatic N) is 1. The van der Waals surface area contributed by atoms with Crippen LogP contribution in [0.4, 0.5) is 5.69 Å². The summed E-state index contributed by atoms with van der Waals surface area (Å²) in [5.41, 5.74) is 0.697. The second-order valence-electron chi connectivity index (χ2n) is 4.73. The number of carbonyl (C=O) groups excluding carboxylic acids is 3. The van der Waals surface area contributed by atoms with Crippen molar-refractivity contribution < 1.29 is 23.9 Å². The molecule has 0 radical (unpaired) electrons. The van der Waals surface area contributed by atoms with Gasteiger partial charge in [0.15, 0.2) is 6.61 Å². The first-order valence-electron chi connectivity index (χ1n) is 6.97. The monoisotopic (exact) mass is 306 g/mol. The maximum atomic E-state index is 11.9. The number of anilines is 1. The second kappa shape index (κ2) is 7.44. The van der Waals surface area contributed by atoms with E-state index in [-0.39, 0.29) is 31.3 Å². The summed E-state index contributed by atoms with van der Waals surface area (Å²) in [6.07, 6.45) is 0.113. The van der Waals surface area contributed by atoms with Gasteiger partial charge in [0.05, 0.1) is 19.2 Å². The number of amides is 2. The SMILES string of the molecule is COC(=O)CCC(=O)NCCN1C(=O)COc2ccccc21. The van der Waals surface area contributed by atoms with E-state index in [0.29, 0.717) is 24.5 Å². The topological polar surface area (TPSA) is 84.9 Å². The summed E-state index contributed by atoms with van der Waals surface area (Å²) in [5.74, 6) is -0.173. The van der Waals surface area contributed by atoms with Gasteiger partial charge in [-0.3, -0.25) is 14.4 Å². The minimum Gasteiger partial charge on any atom is -0.482 e. The standard InChI is InChI=1S/C15H18N2O5/c1-21-15(20)7-6-13(18)16-8-9-17-11-4-2-3-5-12(11)22-10-14(17)19/h2-5H,6-10H2,1H3,(H,16,18). The van der Waals surface area contributed by atoms with Crippen molar-refractivity contribution in [1.29, 1.82) is 0 Å². The summed E-state index contributed by atoms with van der Waals surface area (Å²) in [6.45, 7) is 0.649. The minimum absolute atomic E-state index is 0.00665. The molecule has 0 spiro atoms. The van der Waals surface area contributed by atoms with Gasteiger partial charge in [-0.1, -0.05) is 12.1 Å². The lowest BCUT2D eigenvalue weighted by Gasteiger charge is -2.29. The highest BCUT2D eigenvalue weighted by Crippen LogP contribution is 2.30. The second-order valence-corrected chi connectivity index (χ2v) is 4.73. The molecule has 1 aliphatic heterocycles. The maximum Gasteiger partial charge on any atom is 0.306 e. The molecule has 0 aliphatic carbocycles. The molecule has 0 atom stereocenters. The Morgan fingerprint density at radius 1 is 1.32 bits per heavy atom. The number of hydrogen-bond acceptors (Lipinski definition) is 5. The normalized spacial score (nSPS) is 13.1. The largest absolute Gasteiger partial charge is 0.482 e. The van der Waals surface area contributed by atoms with Gasteiger partial charge in [-0.25, -0.2) is 0 Å². The van der Waals surface area contributed by atoms with E-state index in [1.807, 2.05) is 12.1 Å². The fourth-order valence-electron chi connectivity index (χ4n) is 2.11. The molecule has 1 aromatic carbocycles. The minimum atomic E-state index is -0.424. The van der Waals surface area contributed by atoms with Crippen LogP contribution in [-0.4, -0.2) is 44.6 Å². The zero-order valence-electron chi connectivity index (χ0n) is 12.3. The van der Waals surface area contributed by atoms with Crippen LogP contribution >= 0.6 is 0 Å². The van der Waals surface area contributed by atoms with Crippen LogP contribution in [0.2, 0.25) is 0 Å². The van der Waals surface area contributed by atoms with Crippen molar-refractivity contribution in [3.05, 3.63) is 24.3 Å². The summed E-state index contributed by atoms with van der Waals surface area (Å²) in [4.78, 5) is 36.0. The van der Waals surface area contributed by atoms with Crippen LogP contribution in [0.1, 0.15) is 12.8 Å². The summed E-state index contributed by atoms with van der Waals surface area (Å²) in [6, 6.07) is 7.25. The van der Waals surface area contributed by atoms with E-state index in [1.165, 1.54) is 7.11 Å². The predicted molar refractivity (Wildman–Crippen MR) is 78.5 cm³/mol. The van der Waals surface area contributed by atoms with Gasteiger partial charge < -0.3 is 19.7 Å². The van der Waals surface area contributed by atoms with Crippen molar-refractivity contribution in [1.82, 2.24) is 5.32 Å². The summed E-state index contributed by atoms with van der Waals surface area (Å²) < 4.78 is 9.81. The Bertz CT molecular complexity index is 573. The number of ether oxygens (including phenoxy) is 2. The van der Waals surface area contributed by atoms with E-state index >= 15 is 0 Å². The number of fused-ring (bicyclic) bond motifs is 1. The van der Waals surface area contributed by atoms with Crippen LogP contribution < -0.4 is 15.0 Å². The van der Waals surface area contributed by atoms with Gasteiger partial charge in [0.2, 0.25) is 5.91 Å². The average Bonchev–Trinajstić information content (AvgIpc) is 2.54. The zero-order valence-corrected chi connectivity index (χ0v) is 12.3. The first kappa shape index (κ1) is 15.8. The third kappa shape index (κ3) is 3.97. The molecule has 118 valence electrons. The molecule has 1 aromatic rings. The number of benzene rings is 1. The lowest BCUT2D eigenvalue weighted by Crippen LogP contribution is -2.43. The molecule has 0 saturated carbocycles. The lowest BCUT2D eigenvalue weighted by molar-refractivity contribution is -0.142. The Labute approximate surface area is 128 Å². The van der Waals surface area contributed by atoms with Crippen molar-refractivity contribution in [3.8, 4) is 5.75 Å². The van der Waals surface area contributed by atoms with E-state index in [2.05, 4.69) is 10.1 Å². The molecule has 1 heterocycles. The molecule has 7 nitrogen and oxygen atoms in total. The van der Waals surface area contributed by atoms with Crippen LogP contribution in [-0.2, 0) is 19.1 Å². The smallest absolute Gasteiger partial charge is 0.306 e. The molecule has 1 aliphatic rings. The lowest BCUT2D eigenvalue weighted by atomic mass is 10.2. The van der Waals surface area contributed by atoms with Gasteiger partial charge in [0.1, 0.15) is 5.75 Å². The molecule has 0 unspecified atom stereocenters. The molecule has 0 bridgehead atoms. The first-order valence-corrected chi connectivity index (χ1v) is 6.97. The highest BCUT2D eigenvalue weighted by Gasteiger charge is 2.24. The van der Waals surface area contributed by atoms with Crippen LogP contribution in [0, 0.1) is 0 Å². The van der Waals surface area contributed by atoms with E-state index < -0.39 is 5.97 Å². The fraction of sp³-hybridized carbons (Fsp3) is 0.400. The number of esters is 1. The summed E-state index contributed by atoms with van der Waals surface area (Å²) in [7, 11) is 1.28. The number of rotatable bonds is 6.